The Hall–Kier alpha value is -0.330. The van der Waals surface area contributed by atoms with Crippen LogP contribution < -0.4 is 0 Å². The first-order valence-electron chi connectivity index (χ1n) is 4.89. The van der Waals surface area contributed by atoms with Crippen molar-refractivity contribution < 1.29 is 4.79 Å². The summed E-state index contributed by atoms with van der Waals surface area (Å²) < 4.78 is 0. The first-order valence-corrected chi connectivity index (χ1v) is 4.89. The second-order valence-electron chi connectivity index (χ2n) is 4.08. The average Bonchev–Trinajstić information content (AvgIpc) is 2.61. The summed E-state index contributed by atoms with van der Waals surface area (Å²) in [7, 11) is 0. The Morgan fingerprint density at radius 1 is 1.18 bits per heavy atom. The lowest BCUT2D eigenvalue weighted by atomic mass is 9.80. The zero-order valence-electron chi connectivity index (χ0n) is 7.01. The Balaban J connectivity index is 1.63. The van der Waals surface area contributed by atoms with Gasteiger partial charge in [-0.25, -0.2) is 0 Å². The highest BCUT2D eigenvalue weighted by Gasteiger charge is 2.27. The van der Waals surface area contributed by atoms with E-state index in [2.05, 4.69) is 0 Å². The Morgan fingerprint density at radius 3 is 2.36 bits per heavy atom. The molecule has 1 nitrogen and oxygen atoms in total. The van der Waals surface area contributed by atoms with Gasteiger partial charge in [0.15, 0.2) is 0 Å². The number of Topliss-reactive ketones (excluding diaryl/α,β-unsaturated/α-hetero) is 1. The summed E-state index contributed by atoms with van der Waals surface area (Å²) in [6.07, 6.45) is 8.51. The normalized spacial score (nSPS) is 24.7. The average molecular weight is 152 g/mol. The number of hydrogen-bond acceptors (Lipinski definition) is 1. The van der Waals surface area contributed by atoms with Crippen LogP contribution in [-0.4, -0.2) is 5.78 Å². The number of hydrogen-bond donors (Lipinski definition) is 0. The first-order chi connectivity index (χ1) is 5.36. The number of ketones is 1. The summed E-state index contributed by atoms with van der Waals surface area (Å²) in [6.45, 7) is 0. The van der Waals surface area contributed by atoms with Crippen molar-refractivity contribution in [2.75, 3.05) is 0 Å². The predicted molar refractivity (Wildman–Crippen MR) is 44.3 cm³/mol. The minimum absolute atomic E-state index is 0.480. The third kappa shape index (κ3) is 1.82. The van der Waals surface area contributed by atoms with Gasteiger partial charge in [-0.15, -0.1) is 0 Å². The van der Waals surface area contributed by atoms with E-state index in [0.717, 1.165) is 12.3 Å². The van der Waals surface area contributed by atoms with Crippen LogP contribution in [-0.2, 0) is 4.79 Å². The van der Waals surface area contributed by atoms with Crippen molar-refractivity contribution in [2.45, 2.75) is 44.9 Å². The van der Waals surface area contributed by atoms with Crippen LogP contribution in [0, 0.1) is 11.8 Å². The number of carbonyl (C=O) groups excluding carboxylic acids is 1. The maximum atomic E-state index is 11.4. The monoisotopic (exact) mass is 152 g/mol. The van der Waals surface area contributed by atoms with Crippen molar-refractivity contribution in [3.8, 4) is 0 Å². The number of rotatable bonds is 4. The SMILES string of the molecule is O=C(CCC1CC1)C1CCC1. The molecule has 0 aliphatic heterocycles. The van der Waals surface area contributed by atoms with Crippen LogP contribution in [0.4, 0.5) is 0 Å². The molecule has 2 aliphatic rings. The van der Waals surface area contributed by atoms with E-state index in [4.69, 9.17) is 0 Å². The Kier molecular flexibility index (Phi) is 1.97. The Labute approximate surface area is 68.2 Å². The van der Waals surface area contributed by atoms with Crippen LogP contribution in [0.5, 0.6) is 0 Å². The van der Waals surface area contributed by atoms with Crippen molar-refractivity contribution in [3.05, 3.63) is 0 Å². The fraction of sp³-hybridized carbons (Fsp3) is 0.900. The van der Waals surface area contributed by atoms with Crippen LogP contribution in [0.2, 0.25) is 0 Å². The second-order valence-corrected chi connectivity index (χ2v) is 4.08. The van der Waals surface area contributed by atoms with Crippen LogP contribution >= 0.6 is 0 Å². The molecule has 0 heterocycles. The van der Waals surface area contributed by atoms with Crippen LogP contribution in [0.3, 0.4) is 0 Å². The second kappa shape index (κ2) is 2.96. The van der Waals surface area contributed by atoms with Crippen LogP contribution in [0.1, 0.15) is 44.9 Å². The topological polar surface area (TPSA) is 17.1 Å². The summed E-state index contributed by atoms with van der Waals surface area (Å²) in [6, 6.07) is 0. The highest BCUT2D eigenvalue weighted by atomic mass is 16.1. The van der Waals surface area contributed by atoms with Crippen molar-refractivity contribution in [1.82, 2.24) is 0 Å². The smallest absolute Gasteiger partial charge is 0.135 e. The maximum Gasteiger partial charge on any atom is 0.135 e. The van der Waals surface area contributed by atoms with Gasteiger partial charge in [-0.05, 0) is 25.2 Å². The van der Waals surface area contributed by atoms with Gasteiger partial charge in [-0.2, -0.15) is 0 Å². The van der Waals surface area contributed by atoms with Gasteiger partial charge in [0.2, 0.25) is 0 Å². The molecule has 2 rings (SSSR count). The molecule has 2 aliphatic carbocycles. The molecule has 0 aromatic rings. The van der Waals surface area contributed by atoms with Gasteiger partial charge in [0.05, 0.1) is 0 Å². The molecule has 0 bridgehead atoms. The summed E-state index contributed by atoms with van der Waals surface area (Å²) >= 11 is 0. The van der Waals surface area contributed by atoms with E-state index in [0.29, 0.717) is 11.7 Å². The first kappa shape index (κ1) is 7.33. The highest BCUT2D eigenvalue weighted by molar-refractivity contribution is 5.81. The molecule has 0 aromatic carbocycles. The minimum Gasteiger partial charge on any atom is -0.299 e. The predicted octanol–water partition coefficient (Wildman–Crippen LogP) is 2.55. The zero-order chi connectivity index (χ0) is 7.68. The molecule has 11 heavy (non-hydrogen) atoms. The summed E-state index contributed by atoms with van der Waals surface area (Å²) in [5, 5.41) is 0. The van der Waals surface area contributed by atoms with E-state index >= 15 is 0 Å². The van der Waals surface area contributed by atoms with Crippen LogP contribution in [0.15, 0.2) is 0 Å². The van der Waals surface area contributed by atoms with E-state index in [9.17, 15) is 4.79 Å². The minimum atomic E-state index is 0.480. The standard InChI is InChI=1S/C10H16O/c11-10(9-2-1-3-9)7-6-8-4-5-8/h8-9H,1-7H2. The van der Waals surface area contributed by atoms with Crippen molar-refractivity contribution in [1.29, 1.82) is 0 Å². The van der Waals surface area contributed by atoms with Gasteiger partial charge in [-0.1, -0.05) is 19.3 Å². The Morgan fingerprint density at radius 2 is 1.91 bits per heavy atom. The summed E-state index contributed by atoms with van der Waals surface area (Å²) in [5.41, 5.74) is 0. The molecule has 0 amide bonds. The van der Waals surface area contributed by atoms with Gasteiger partial charge in [0.25, 0.3) is 0 Å². The zero-order valence-corrected chi connectivity index (χ0v) is 7.01. The highest BCUT2D eigenvalue weighted by Crippen LogP contribution is 2.35. The van der Waals surface area contributed by atoms with E-state index in [1.54, 1.807) is 0 Å². The molecule has 2 saturated carbocycles. The van der Waals surface area contributed by atoms with Crippen molar-refractivity contribution in [3.63, 3.8) is 0 Å². The molecular weight excluding hydrogens is 136 g/mol. The third-order valence-electron chi connectivity index (χ3n) is 3.06. The Bertz CT molecular complexity index is 154. The van der Waals surface area contributed by atoms with Gasteiger partial charge < -0.3 is 0 Å². The van der Waals surface area contributed by atoms with Gasteiger partial charge in [-0.3, -0.25) is 4.79 Å². The lowest BCUT2D eigenvalue weighted by Crippen LogP contribution is -2.21. The molecule has 0 unspecified atom stereocenters. The third-order valence-corrected chi connectivity index (χ3v) is 3.06. The van der Waals surface area contributed by atoms with Crippen molar-refractivity contribution in [2.24, 2.45) is 11.8 Å². The molecule has 62 valence electrons. The maximum absolute atomic E-state index is 11.4. The lowest BCUT2D eigenvalue weighted by Gasteiger charge is -2.23. The fourth-order valence-electron chi connectivity index (χ4n) is 1.69. The molecule has 0 aromatic heterocycles. The molecule has 0 radical (unpaired) electrons. The van der Waals surface area contributed by atoms with Crippen LogP contribution in [0.25, 0.3) is 0 Å². The van der Waals surface area contributed by atoms with E-state index in [-0.39, 0.29) is 0 Å². The van der Waals surface area contributed by atoms with E-state index in [1.165, 1.54) is 38.5 Å². The quantitative estimate of drug-likeness (QED) is 0.605. The van der Waals surface area contributed by atoms with Gasteiger partial charge in [0.1, 0.15) is 5.78 Å². The molecular formula is C10H16O. The largest absolute Gasteiger partial charge is 0.299 e. The lowest BCUT2D eigenvalue weighted by molar-refractivity contribution is -0.125. The van der Waals surface area contributed by atoms with Gasteiger partial charge in [0, 0.05) is 12.3 Å². The fourth-order valence-corrected chi connectivity index (χ4v) is 1.69. The van der Waals surface area contributed by atoms with E-state index in [1.807, 2.05) is 0 Å². The van der Waals surface area contributed by atoms with Crippen molar-refractivity contribution >= 4 is 5.78 Å². The molecule has 0 saturated heterocycles. The summed E-state index contributed by atoms with van der Waals surface area (Å²) in [5.74, 6) is 1.97. The molecule has 0 N–H and O–H groups in total. The summed E-state index contributed by atoms with van der Waals surface area (Å²) in [4.78, 5) is 11.4. The van der Waals surface area contributed by atoms with Gasteiger partial charge >= 0.3 is 0 Å². The number of carbonyl (C=O) groups is 1. The van der Waals surface area contributed by atoms with E-state index < -0.39 is 0 Å². The molecule has 2 fully saturated rings. The molecule has 0 atom stereocenters. The molecule has 1 heteroatoms. The molecule has 0 spiro atoms.